The highest BCUT2D eigenvalue weighted by molar-refractivity contribution is 9.10. The number of amides is 1. The van der Waals surface area contributed by atoms with Crippen molar-refractivity contribution in [1.82, 2.24) is 5.32 Å². The highest BCUT2D eigenvalue weighted by atomic mass is 79.9. The molecule has 6 heteroatoms. The molecule has 0 unspecified atom stereocenters. The molecule has 0 atom stereocenters. The molecule has 1 fully saturated rings. The lowest BCUT2D eigenvalue weighted by Crippen LogP contribution is -2.50. The average molecular weight is 359 g/mol. The number of carbonyl (C=O) groups is 1. The first kappa shape index (κ1) is 16.1. The minimum atomic E-state index is -0.495. The second-order valence-electron chi connectivity index (χ2n) is 6.26. The Bertz CT molecular complexity index is 525. The van der Waals surface area contributed by atoms with Crippen LogP contribution >= 0.6 is 15.9 Å². The van der Waals surface area contributed by atoms with Crippen LogP contribution in [0.5, 0.6) is 0 Å². The Morgan fingerprint density at radius 1 is 1.33 bits per heavy atom. The van der Waals surface area contributed by atoms with Gasteiger partial charge in [0, 0.05) is 12.1 Å². The second kappa shape index (κ2) is 6.22. The number of halogens is 2. The Kier molecular flexibility index (Phi) is 4.76. The molecular weight excluding hydrogens is 339 g/mol. The zero-order chi connectivity index (χ0) is 15.6. The molecule has 1 aromatic carbocycles. The molecule has 1 aliphatic carbocycles. The summed E-state index contributed by atoms with van der Waals surface area (Å²) in [6.07, 6.45) is 1.11. The lowest BCUT2D eigenvalue weighted by atomic mass is 9.86. The van der Waals surface area contributed by atoms with E-state index in [9.17, 15) is 9.18 Å². The van der Waals surface area contributed by atoms with Gasteiger partial charge in [0.15, 0.2) is 5.82 Å². The zero-order valence-electron chi connectivity index (χ0n) is 12.4. The van der Waals surface area contributed by atoms with Crippen LogP contribution in [0.1, 0.15) is 33.6 Å². The Hall–Kier alpha value is -1.30. The Morgan fingerprint density at radius 2 is 2.00 bits per heavy atom. The summed E-state index contributed by atoms with van der Waals surface area (Å²) in [6.45, 7) is 5.48. The predicted octanol–water partition coefficient (Wildman–Crippen LogP) is 4.06. The van der Waals surface area contributed by atoms with E-state index < -0.39 is 11.7 Å². The Labute approximate surface area is 132 Å². The lowest BCUT2D eigenvalue weighted by Gasteiger charge is -2.37. The summed E-state index contributed by atoms with van der Waals surface area (Å²) in [5, 5.41) is 5.95. The van der Waals surface area contributed by atoms with Crippen LogP contribution in [0.15, 0.2) is 22.7 Å². The summed E-state index contributed by atoms with van der Waals surface area (Å²) in [7, 11) is 0. The van der Waals surface area contributed by atoms with Gasteiger partial charge in [0.1, 0.15) is 5.60 Å². The predicted molar refractivity (Wildman–Crippen MR) is 83.9 cm³/mol. The van der Waals surface area contributed by atoms with E-state index in [2.05, 4.69) is 26.6 Å². The Morgan fingerprint density at radius 3 is 2.62 bits per heavy atom. The van der Waals surface area contributed by atoms with Gasteiger partial charge in [-0.3, -0.25) is 0 Å². The van der Waals surface area contributed by atoms with Crippen molar-refractivity contribution in [3.8, 4) is 0 Å². The minimum Gasteiger partial charge on any atom is -0.444 e. The molecule has 0 aromatic heterocycles. The number of benzene rings is 1. The third kappa shape index (κ3) is 4.59. The quantitative estimate of drug-likeness (QED) is 0.856. The van der Waals surface area contributed by atoms with Crippen LogP contribution in [-0.2, 0) is 4.74 Å². The molecule has 1 aliphatic rings. The first-order valence-electron chi connectivity index (χ1n) is 6.94. The summed E-state index contributed by atoms with van der Waals surface area (Å²) in [4.78, 5) is 11.6. The van der Waals surface area contributed by atoms with E-state index in [4.69, 9.17) is 4.74 Å². The molecule has 2 rings (SSSR count). The molecule has 0 aliphatic heterocycles. The van der Waals surface area contributed by atoms with Crippen LogP contribution in [0.25, 0.3) is 0 Å². The second-order valence-corrected chi connectivity index (χ2v) is 7.11. The molecule has 0 spiro atoms. The Balaban J connectivity index is 1.77. The molecular formula is C15H20BrFN2O2. The van der Waals surface area contributed by atoms with Gasteiger partial charge in [-0.05, 0) is 61.7 Å². The zero-order valence-corrected chi connectivity index (χ0v) is 14.0. The topological polar surface area (TPSA) is 50.4 Å². The van der Waals surface area contributed by atoms with Gasteiger partial charge in [0.05, 0.1) is 10.2 Å². The number of anilines is 1. The van der Waals surface area contributed by atoms with Crippen molar-refractivity contribution in [1.29, 1.82) is 0 Å². The molecule has 4 nitrogen and oxygen atoms in total. The van der Waals surface area contributed by atoms with Gasteiger partial charge in [0.2, 0.25) is 0 Å². The van der Waals surface area contributed by atoms with Crippen molar-refractivity contribution in [2.24, 2.45) is 0 Å². The monoisotopic (exact) mass is 358 g/mol. The fourth-order valence-electron chi connectivity index (χ4n) is 2.16. The lowest BCUT2D eigenvalue weighted by molar-refractivity contribution is 0.0475. The van der Waals surface area contributed by atoms with Gasteiger partial charge in [-0.2, -0.15) is 0 Å². The molecule has 21 heavy (non-hydrogen) atoms. The summed E-state index contributed by atoms with van der Waals surface area (Å²) >= 11 is 3.16. The molecule has 2 N–H and O–H groups in total. The van der Waals surface area contributed by atoms with Crippen molar-refractivity contribution in [3.63, 3.8) is 0 Å². The average Bonchev–Trinajstić information content (AvgIpc) is 2.29. The normalized spacial score (nSPS) is 21.4. The maximum atomic E-state index is 13.8. The van der Waals surface area contributed by atoms with Gasteiger partial charge in [0.25, 0.3) is 0 Å². The van der Waals surface area contributed by atoms with Gasteiger partial charge in [-0.25, -0.2) is 9.18 Å². The summed E-state index contributed by atoms with van der Waals surface area (Å²) in [5.74, 6) is -0.291. The number of alkyl carbamates (subject to hydrolysis) is 1. The van der Waals surface area contributed by atoms with Gasteiger partial charge < -0.3 is 15.4 Å². The van der Waals surface area contributed by atoms with E-state index in [1.54, 1.807) is 18.2 Å². The molecule has 0 saturated heterocycles. The summed E-state index contributed by atoms with van der Waals surface area (Å²) in [6, 6.07) is 5.38. The van der Waals surface area contributed by atoms with Gasteiger partial charge in [-0.15, -0.1) is 0 Å². The molecule has 1 aromatic rings. The number of ether oxygens (including phenoxy) is 1. The minimum absolute atomic E-state index is 0.0764. The van der Waals surface area contributed by atoms with Crippen molar-refractivity contribution in [2.75, 3.05) is 5.32 Å². The summed E-state index contributed by atoms with van der Waals surface area (Å²) in [5.41, 5.74) is -0.0182. The molecule has 116 valence electrons. The van der Waals surface area contributed by atoms with Crippen LogP contribution in [0.4, 0.5) is 14.9 Å². The molecule has 1 amide bonds. The molecule has 0 heterocycles. The van der Waals surface area contributed by atoms with Crippen LogP contribution in [0.2, 0.25) is 0 Å². The number of carbonyl (C=O) groups excluding carboxylic acids is 1. The molecule has 0 radical (unpaired) electrons. The maximum Gasteiger partial charge on any atom is 0.407 e. The van der Waals surface area contributed by atoms with Crippen LogP contribution in [-0.4, -0.2) is 23.8 Å². The van der Waals surface area contributed by atoms with E-state index >= 15 is 0 Å². The van der Waals surface area contributed by atoms with Crippen LogP contribution in [0.3, 0.4) is 0 Å². The fraction of sp³-hybridized carbons (Fsp3) is 0.533. The van der Waals surface area contributed by atoms with E-state index in [0.717, 1.165) is 12.8 Å². The SMILES string of the molecule is CC(C)(C)OC(=O)NC1CC(Nc2cccc(Br)c2F)C1. The van der Waals surface area contributed by atoms with E-state index in [1.807, 2.05) is 20.8 Å². The highest BCUT2D eigenvalue weighted by Gasteiger charge is 2.32. The van der Waals surface area contributed by atoms with Crippen molar-refractivity contribution < 1.29 is 13.9 Å². The van der Waals surface area contributed by atoms with E-state index in [0.29, 0.717) is 10.2 Å². The van der Waals surface area contributed by atoms with Crippen molar-refractivity contribution >= 4 is 27.7 Å². The third-order valence-corrected chi connectivity index (χ3v) is 3.78. The number of nitrogens with one attached hydrogen (secondary N) is 2. The van der Waals surface area contributed by atoms with Crippen molar-refractivity contribution in [2.45, 2.75) is 51.3 Å². The van der Waals surface area contributed by atoms with Crippen LogP contribution < -0.4 is 10.6 Å². The number of hydrogen-bond acceptors (Lipinski definition) is 3. The van der Waals surface area contributed by atoms with Crippen LogP contribution in [0, 0.1) is 5.82 Å². The highest BCUT2D eigenvalue weighted by Crippen LogP contribution is 2.28. The van der Waals surface area contributed by atoms with E-state index in [-0.39, 0.29) is 17.9 Å². The smallest absolute Gasteiger partial charge is 0.407 e. The van der Waals surface area contributed by atoms with Crippen molar-refractivity contribution in [3.05, 3.63) is 28.5 Å². The third-order valence-electron chi connectivity index (χ3n) is 3.17. The number of rotatable bonds is 3. The largest absolute Gasteiger partial charge is 0.444 e. The fourth-order valence-corrected chi connectivity index (χ4v) is 2.53. The van der Waals surface area contributed by atoms with Gasteiger partial charge in [-0.1, -0.05) is 6.07 Å². The summed E-state index contributed by atoms with van der Waals surface area (Å²) < 4.78 is 19.5. The van der Waals surface area contributed by atoms with Gasteiger partial charge >= 0.3 is 6.09 Å². The standard InChI is InChI=1S/C15H20BrFN2O2/c1-15(2,3)21-14(20)19-10-7-9(8-10)18-12-6-4-5-11(16)13(12)17/h4-6,9-10,18H,7-8H2,1-3H3,(H,19,20). The maximum absolute atomic E-state index is 13.8. The molecule has 1 saturated carbocycles. The first-order chi connectivity index (χ1) is 9.74. The molecule has 0 bridgehead atoms. The first-order valence-corrected chi connectivity index (χ1v) is 7.74. The number of hydrogen-bond donors (Lipinski definition) is 2. The van der Waals surface area contributed by atoms with E-state index in [1.165, 1.54) is 0 Å².